The molecule has 0 spiro atoms. The number of hydrogen-bond donors (Lipinski definition) is 2. The van der Waals surface area contributed by atoms with Gasteiger partial charge in [0.05, 0.1) is 6.26 Å². The topological polar surface area (TPSA) is 104 Å². The highest BCUT2D eigenvalue weighted by Gasteiger charge is 2.35. The molecule has 0 saturated carbocycles. The minimum Gasteiger partial charge on any atom is -0.480 e. The van der Waals surface area contributed by atoms with Crippen LogP contribution in [0.15, 0.2) is 0 Å². The molecule has 7 nitrogen and oxygen atoms in total. The van der Waals surface area contributed by atoms with E-state index in [4.69, 9.17) is 5.11 Å². The van der Waals surface area contributed by atoms with Crippen molar-refractivity contribution in [3.63, 3.8) is 0 Å². The Hall–Kier alpha value is -1.15. The SMILES string of the molecule is CC[C@H](NC(=O)C1CCCCN1S(C)(=O)=O)C(=O)O. The smallest absolute Gasteiger partial charge is 0.326 e. The first-order valence-electron chi connectivity index (χ1n) is 6.27. The highest BCUT2D eigenvalue weighted by Crippen LogP contribution is 2.20. The van der Waals surface area contributed by atoms with Crippen LogP contribution in [-0.4, -0.2) is 54.6 Å². The molecular weight excluding hydrogens is 272 g/mol. The summed E-state index contributed by atoms with van der Waals surface area (Å²) in [5.41, 5.74) is 0. The Morgan fingerprint density at radius 3 is 2.53 bits per heavy atom. The number of nitrogens with zero attached hydrogens (tertiary/aromatic N) is 1. The largest absolute Gasteiger partial charge is 0.480 e. The Morgan fingerprint density at radius 2 is 2.05 bits per heavy atom. The number of rotatable bonds is 5. The normalized spacial score (nSPS) is 22.7. The van der Waals surface area contributed by atoms with Crippen molar-refractivity contribution in [3.8, 4) is 0 Å². The van der Waals surface area contributed by atoms with Gasteiger partial charge in [-0.1, -0.05) is 13.3 Å². The van der Waals surface area contributed by atoms with Crippen molar-refractivity contribution in [2.45, 2.75) is 44.7 Å². The van der Waals surface area contributed by atoms with Crippen LogP contribution in [0.3, 0.4) is 0 Å². The molecule has 1 aliphatic rings. The number of amides is 1. The summed E-state index contributed by atoms with van der Waals surface area (Å²) in [6.45, 7) is 1.95. The third-order valence-electron chi connectivity index (χ3n) is 3.21. The van der Waals surface area contributed by atoms with Gasteiger partial charge < -0.3 is 10.4 Å². The Balaban J connectivity index is 2.81. The lowest BCUT2D eigenvalue weighted by Crippen LogP contribution is -2.54. The molecule has 0 aromatic heterocycles. The molecule has 0 aromatic rings. The monoisotopic (exact) mass is 292 g/mol. The molecule has 0 radical (unpaired) electrons. The van der Waals surface area contributed by atoms with E-state index < -0.39 is 34.0 Å². The maximum absolute atomic E-state index is 12.0. The first kappa shape index (κ1) is 15.9. The van der Waals surface area contributed by atoms with Crippen molar-refractivity contribution < 1.29 is 23.1 Å². The van der Waals surface area contributed by atoms with E-state index in [9.17, 15) is 18.0 Å². The lowest BCUT2D eigenvalue weighted by atomic mass is 10.0. The van der Waals surface area contributed by atoms with Gasteiger partial charge in [-0.25, -0.2) is 13.2 Å². The number of carbonyl (C=O) groups excluding carboxylic acids is 1. The summed E-state index contributed by atoms with van der Waals surface area (Å²) in [4.78, 5) is 22.9. The Morgan fingerprint density at radius 1 is 1.42 bits per heavy atom. The third kappa shape index (κ3) is 4.17. The van der Waals surface area contributed by atoms with Crippen molar-refractivity contribution in [2.24, 2.45) is 0 Å². The van der Waals surface area contributed by atoms with E-state index in [1.807, 2.05) is 0 Å². The molecule has 1 fully saturated rings. The average molecular weight is 292 g/mol. The second kappa shape index (κ2) is 6.33. The standard InChI is InChI=1S/C11H20N2O5S/c1-3-8(11(15)16)12-10(14)9-6-4-5-7-13(9)19(2,17)18/h8-9H,3-7H2,1-2H3,(H,12,14)(H,15,16)/t8-,9?/m0/s1. The summed E-state index contributed by atoms with van der Waals surface area (Å²) in [6, 6.07) is -1.77. The van der Waals surface area contributed by atoms with E-state index in [0.717, 1.165) is 17.0 Å². The van der Waals surface area contributed by atoms with Crippen molar-refractivity contribution >= 4 is 21.9 Å². The number of carboxylic acids is 1. The number of aliphatic carboxylic acids is 1. The van der Waals surface area contributed by atoms with Gasteiger partial charge in [0.2, 0.25) is 15.9 Å². The molecule has 1 heterocycles. The molecule has 19 heavy (non-hydrogen) atoms. The fourth-order valence-corrected chi connectivity index (χ4v) is 3.29. The van der Waals surface area contributed by atoms with Gasteiger partial charge in [-0.2, -0.15) is 4.31 Å². The minimum absolute atomic E-state index is 0.257. The van der Waals surface area contributed by atoms with Crippen LogP contribution in [0.25, 0.3) is 0 Å². The van der Waals surface area contributed by atoms with E-state index in [0.29, 0.717) is 19.4 Å². The Kier molecular flexibility index (Phi) is 5.30. The maximum Gasteiger partial charge on any atom is 0.326 e. The second-order valence-corrected chi connectivity index (χ2v) is 6.63. The molecule has 1 unspecified atom stereocenters. The molecule has 0 aliphatic carbocycles. The zero-order chi connectivity index (χ0) is 14.6. The van der Waals surface area contributed by atoms with E-state index in [-0.39, 0.29) is 6.42 Å². The van der Waals surface area contributed by atoms with Crippen LogP contribution in [0.4, 0.5) is 0 Å². The third-order valence-corrected chi connectivity index (χ3v) is 4.49. The van der Waals surface area contributed by atoms with Crippen molar-refractivity contribution in [2.75, 3.05) is 12.8 Å². The van der Waals surface area contributed by atoms with Crippen LogP contribution in [0.1, 0.15) is 32.6 Å². The van der Waals surface area contributed by atoms with Crippen LogP contribution < -0.4 is 5.32 Å². The lowest BCUT2D eigenvalue weighted by molar-refractivity contribution is -0.142. The van der Waals surface area contributed by atoms with Gasteiger partial charge in [0.15, 0.2) is 0 Å². The molecule has 2 N–H and O–H groups in total. The Labute approximate surface area is 113 Å². The fraction of sp³-hybridized carbons (Fsp3) is 0.818. The van der Waals surface area contributed by atoms with E-state index in [1.54, 1.807) is 6.92 Å². The second-order valence-electron chi connectivity index (χ2n) is 4.69. The van der Waals surface area contributed by atoms with Crippen LogP contribution >= 0.6 is 0 Å². The van der Waals surface area contributed by atoms with Gasteiger partial charge >= 0.3 is 5.97 Å². The minimum atomic E-state index is -3.46. The van der Waals surface area contributed by atoms with E-state index >= 15 is 0 Å². The number of hydrogen-bond acceptors (Lipinski definition) is 4. The molecule has 110 valence electrons. The van der Waals surface area contributed by atoms with Gasteiger partial charge in [0, 0.05) is 6.54 Å². The van der Waals surface area contributed by atoms with E-state index in [2.05, 4.69) is 5.32 Å². The zero-order valence-electron chi connectivity index (χ0n) is 11.1. The highest BCUT2D eigenvalue weighted by atomic mass is 32.2. The zero-order valence-corrected chi connectivity index (χ0v) is 11.9. The van der Waals surface area contributed by atoms with Crippen molar-refractivity contribution in [1.82, 2.24) is 9.62 Å². The number of carboxylic acid groups (broad SMARTS) is 1. The summed E-state index contributed by atoms with van der Waals surface area (Å²) >= 11 is 0. The molecule has 1 saturated heterocycles. The van der Waals surface area contributed by atoms with Crippen LogP contribution in [-0.2, 0) is 19.6 Å². The quantitative estimate of drug-likeness (QED) is 0.729. The molecule has 8 heteroatoms. The summed E-state index contributed by atoms with van der Waals surface area (Å²) in [5, 5.41) is 11.3. The number of nitrogens with one attached hydrogen (secondary N) is 1. The van der Waals surface area contributed by atoms with E-state index in [1.165, 1.54) is 0 Å². The van der Waals surface area contributed by atoms with Crippen molar-refractivity contribution in [1.29, 1.82) is 0 Å². The van der Waals surface area contributed by atoms with Gasteiger partial charge in [-0.05, 0) is 19.3 Å². The predicted octanol–water partition coefficient (Wildman–Crippen LogP) is -0.220. The Bertz CT molecular complexity index is 448. The summed E-state index contributed by atoms with van der Waals surface area (Å²) in [7, 11) is -3.46. The molecule has 1 rings (SSSR count). The molecule has 2 atom stereocenters. The van der Waals surface area contributed by atoms with Gasteiger partial charge in [0.1, 0.15) is 12.1 Å². The summed E-state index contributed by atoms with van der Waals surface area (Å²) in [5.74, 6) is -1.64. The molecule has 0 aromatic carbocycles. The lowest BCUT2D eigenvalue weighted by Gasteiger charge is -2.33. The van der Waals surface area contributed by atoms with Crippen molar-refractivity contribution in [3.05, 3.63) is 0 Å². The molecular formula is C11H20N2O5S. The number of sulfonamides is 1. The number of piperidine rings is 1. The van der Waals surface area contributed by atoms with Crippen LogP contribution in [0, 0.1) is 0 Å². The first-order chi connectivity index (χ1) is 8.77. The van der Waals surface area contributed by atoms with Gasteiger partial charge in [0.25, 0.3) is 0 Å². The fourth-order valence-electron chi connectivity index (χ4n) is 2.17. The molecule has 1 amide bonds. The molecule has 0 bridgehead atoms. The van der Waals surface area contributed by atoms with Crippen LogP contribution in [0.5, 0.6) is 0 Å². The number of carbonyl (C=O) groups is 2. The predicted molar refractivity (Wildman–Crippen MR) is 69.0 cm³/mol. The highest BCUT2D eigenvalue weighted by molar-refractivity contribution is 7.88. The maximum atomic E-state index is 12.0. The summed E-state index contributed by atoms with van der Waals surface area (Å²) in [6.07, 6.45) is 3.22. The van der Waals surface area contributed by atoms with Gasteiger partial charge in [-0.15, -0.1) is 0 Å². The van der Waals surface area contributed by atoms with Gasteiger partial charge in [-0.3, -0.25) is 4.79 Å². The first-order valence-corrected chi connectivity index (χ1v) is 8.12. The van der Waals surface area contributed by atoms with Crippen LogP contribution in [0.2, 0.25) is 0 Å². The average Bonchev–Trinajstić information content (AvgIpc) is 2.34. The molecule has 1 aliphatic heterocycles. The summed E-state index contributed by atoms with van der Waals surface area (Å²) < 4.78 is 24.4.